The van der Waals surface area contributed by atoms with E-state index in [9.17, 15) is 23.2 Å². The van der Waals surface area contributed by atoms with Gasteiger partial charge >= 0.3 is 0 Å². The minimum Gasteiger partial charge on any atom is -0.378 e. The molecular formula is C28H37F2N11O4. The van der Waals surface area contributed by atoms with Gasteiger partial charge < -0.3 is 35.4 Å². The second-order valence-electron chi connectivity index (χ2n) is 10.9. The number of halogens is 2. The number of ether oxygens (including phenoxy) is 1. The highest BCUT2D eigenvalue weighted by atomic mass is 19.3. The Morgan fingerprint density at radius 2 is 1.60 bits per heavy atom. The summed E-state index contributed by atoms with van der Waals surface area (Å²) < 4.78 is 33.2. The summed E-state index contributed by atoms with van der Waals surface area (Å²) in [5, 5.41) is 2.86. The summed E-state index contributed by atoms with van der Waals surface area (Å²) >= 11 is 0. The van der Waals surface area contributed by atoms with Crippen molar-refractivity contribution in [2.24, 2.45) is 5.92 Å². The molecule has 5 heterocycles. The fourth-order valence-electron chi connectivity index (χ4n) is 5.51. The van der Waals surface area contributed by atoms with Gasteiger partial charge in [0.1, 0.15) is 5.69 Å². The van der Waals surface area contributed by atoms with Gasteiger partial charge in [0.25, 0.3) is 6.43 Å². The molecule has 0 saturated carbocycles. The van der Waals surface area contributed by atoms with Crippen molar-refractivity contribution >= 4 is 35.6 Å². The maximum Gasteiger partial charge on any atom is 0.281 e. The summed E-state index contributed by atoms with van der Waals surface area (Å²) in [6.45, 7) is 8.32. The van der Waals surface area contributed by atoms with Crippen LogP contribution in [-0.4, -0.2) is 125 Å². The average molecular weight is 630 g/mol. The molecule has 0 unspecified atom stereocenters. The average Bonchev–Trinajstić information content (AvgIpc) is 3.08. The third-order valence-electron chi connectivity index (χ3n) is 8.10. The second-order valence-corrected chi connectivity index (χ2v) is 10.9. The fourth-order valence-corrected chi connectivity index (χ4v) is 5.51. The van der Waals surface area contributed by atoms with Crippen molar-refractivity contribution in [1.29, 1.82) is 0 Å². The summed E-state index contributed by atoms with van der Waals surface area (Å²) in [5.74, 6) is -0.189. The number of hydrogen-bond acceptors (Lipinski definition) is 12. The van der Waals surface area contributed by atoms with Crippen LogP contribution in [0.15, 0.2) is 18.9 Å². The molecule has 45 heavy (non-hydrogen) atoms. The van der Waals surface area contributed by atoms with Crippen LogP contribution in [-0.2, 0) is 19.1 Å². The highest BCUT2D eigenvalue weighted by molar-refractivity contribution is 5.87. The smallest absolute Gasteiger partial charge is 0.281 e. The number of alkyl halides is 2. The van der Waals surface area contributed by atoms with Gasteiger partial charge in [-0.15, -0.1) is 0 Å². The second kappa shape index (κ2) is 14.5. The number of nitrogens with zero attached hydrogens (tertiary/aromatic N) is 9. The molecule has 2 aromatic rings. The van der Waals surface area contributed by atoms with E-state index in [4.69, 9.17) is 10.5 Å². The number of nitrogens with one attached hydrogen (secondary N) is 1. The fraction of sp³-hybridized carbons (Fsp3) is 0.571. The zero-order valence-electron chi connectivity index (χ0n) is 24.9. The van der Waals surface area contributed by atoms with E-state index in [1.807, 2.05) is 9.80 Å². The molecule has 2 aromatic heterocycles. The largest absolute Gasteiger partial charge is 0.378 e. The highest BCUT2D eigenvalue weighted by Crippen LogP contribution is 2.30. The van der Waals surface area contributed by atoms with Crippen LogP contribution in [0.3, 0.4) is 0 Å². The van der Waals surface area contributed by atoms with Crippen LogP contribution in [0.1, 0.15) is 31.4 Å². The molecule has 17 heteroatoms. The number of amides is 3. The molecule has 0 spiro atoms. The molecule has 0 atom stereocenters. The Balaban J connectivity index is 1.19. The first-order valence-corrected chi connectivity index (χ1v) is 14.9. The van der Waals surface area contributed by atoms with Crippen LogP contribution < -0.4 is 20.9 Å². The quantitative estimate of drug-likeness (QED) is 0.363. The number of piperazine rings is 1. The van der Waals surface area contributed by atoms with Crippen LogP contribution in [0, 0.1) is 5.92 Å². The van der Waals surface area contributed by atoms with Gasteiger partial charge in [0, 0.05) is 77.4 Å². The molecule has 3 aliphatic heterocycles. The Morgan fingerprint density at radius 1 is 0.956 bits per heavy atom. The standard InChI is InChI=1S/C28H37F2N11O4/c1-2-20(42)38-7-4-18(5-8-38)25(44)32-6-3-21(43)39-9-11-40(12-10-39)27-35-24(19-17-33-26(31)34-22(19)23(29)30)36-28(37-27)41-13-15-45-16-14-41/h2,17-18,23H,1,3-16H2,(H,32,44)(H2,31,33,34). The number of hydrogen-bond donors (Lipinski definition) is 2. The number of anilines is 3. The van der Waals surface area contributed by atoms with Crippen LogP contribution in [0.2, 0.25) is 0 Å². The maximum atomic E-state index is 13.9. The molecule has 3 fully saturated rings. The lowest BCUT2D eigenvalue weighted by Gasteiger charge is -2.35. The number of rotatable bonds is 9. The summed E-state index contributed by atoms with van der Waals surface area (Å²) in [6, 6.07) is 0. The number of carbonyl (C=O) groups is 3. The van der Waals surface area contributed by atoms with Crippen molar-refractivity contribution in [1.82, 2.24) is 40.0 Å². The normalized spacial score (nSPS) is 17.8. The molecule has 3 N–H and O–H groups in total. The monoisotopic (exact) mass is 629 g/mol. The third kappa shape index (κ3) is 7.76. The Bertz CT molecular complexity index is 1390. The zero-order chi connectivity index (χ0) is 31.9. The van der Waals surface area contributed by atoms with E-state index in [0.717, 1.165) is 0 Å². The predicted octanol–water partition coefficient (Wildman–Crippen LogP) is 0.265. The molecular weight excluding hydrogens is 592 g/mol. The maximum absolute atomic E-state index is 13.9. The van der Waals surface area contributed by atoms with E-state index in [1.165, 1.54) is 12.3 Å². The number of nitrogens with two attached hydrogens (primary N) is 1. The first-order chi connectivity index (χ1) is 21.7. The number of carbonyl (C=O) groups excluding carboxylic acids is 3. The third-order valence-corrected chi connectivity index (χ3v) is 8.10. The van der Waals surface area contributed by atoms with Crippen molar-refractivity contribution in [3.05, 3.63) is 24.5 Å². The van der Waals surface area contributed by atoms with Crippen LogP contribution in [0.5, 0.6) is 0 Å². The first-order valence-electron chi connectivity index (χ1n) is 14.9. The van der Waals surface area contributed by atoms with Gasteiger partial charge in [-0.2, -0.15) is 15.0 Å². The molecule has 0 radical (unpaired) electrons. The Morgan fingerprint density at radius 3 is 2.22 bits per heavy atom. The molecule has 0 aliphatic carbocycles. The van der Waals surface area contributed by atoms with Crippen molar-refractivity contribution in [3.63, 3.8) is 0 Å². The van der Waals surface area contributed by atoms with Gasteiger partial charge in [0.05, 0.1) is 18.8 Å². The SMILES string of the molecule is C=CC(=O)N1CCC(C(=O)NCCC(=O)N2CCN(c3nc(-c4cnc(N)nc4C(F)F)nc(N4CCOCC4)n3)CC2)CC1. The Kier molecular flexibility index (Phi) is 10.3. The van der Waals surface area contributed by atoms with Crippen molar-refractivity contribution < 1.29 is 27.9 Å². The van der Waals surface area contributed by atoms with Gasteiger partial charge in [-0.05, 0) is 18.9 Å². The van der Waals surface area contributed by atoms with Crippen LogP contribution >= 0.6 is 0 Å². The van der Waals surface area contributed by atoms with E-state index in [0.29, 0.717) is 90.3 Å². The number of piperidine rings is 1. The predicted molar refractivity (Wildman–Crippen MR) is 159 cm³/mol. The van der Waals surface area contributed by atoms with Crippen LogP contribution in [0.25, 0.3) is 11.4 Å². The lowest BCUT2D eigenvalue weighted by Crippen LogP contribution is -2.50. The first kappa shape index (κ1) is 31.9. The topological polar surface area (TPSA) is 176 Å². The van der Waals surface area contributed by atoms with E-state index in [1.54, 1.807) is 9.80 Å². The number of likely N-dealkylation sites (tertiary alicyclic amines) is 1. The van der Waals surface area contributed by atoms with Gasteiger partial charge in [-0.1, -0.05) is 6.58 Å². The molecule has 15 nitrogen and oxygen atoms in total. The molecule has 3 amide bonds. The molecule has 3 aliphatic rings. The molecule has 0 aromatic carbocycles. The highest BCUT2D eigenvalue weighted by Gasteiger charge is 2.29. The van der Waals surface area contributed by atoms with E-state index >= 15 is 0 Å². The van der Waals surface area contributed by atoms with E-state index < -0.39 is 12.1 Å². The Labute approximate surface area is 258 Å². The number of nitrogen functional groups attached to an aromatic ring is 1. The number of morpholine rings is 1. The molecule has 242 valence electrons. The minimum atomic E-state index is -2.92. The van der Waals surface area contributed by atoms with Crippen molar-refractivity contribution in [3.8, 4) is 11.4 Å². The van der Waals surface area contributed by atoms with E-state index in [-0.39, 0.29) is 53.9 Å². The zero-order valence-corrected chi connectivity index (χ0v) is 24.9. The summed E-state index contributed by atoms with van der Waals surface area (Å²) in [6.07, 6.45) is 0.846. The Hall–Kier alpha value is -4.54. The van der Waals surface area contributed by atoms with Gasteiger partial charge in [0.15, 0.2) is 5.82 Å². The van der Waals surface area contributed by atoms with Crippen molar-refractivity contribution in [2.45, 2.75) is 25.7 Å². The summed E-state index contributed by atoms with van der Waals surface area (Å²) in [5.41, 5.74) is 4.96. The van der Waals surface area contributed by atoms with E-state index in [2.05, 4.69) is 36.8 Å². The lowest BCUT2D eigenvalue weighted by molar-refractivity contribution is -0.133. The lowest BCUT2D eigenvalue weighted by atomic mass is 9.96. The summed E-state index contributed by atoms with van der Waals surface area (Å²) in [4.78, 5) is 65.7. The van der Waals surface area contributed by atoms with Gasteiger partial charge in [0.2, 0.25) is 35.6 Å². The van der Waals surface area contributed by atoms with Crippen LogP contribution in [0.4, 0.5) is 26.6 Å². The minimum absolute atomic E-state index is 0.00372. The van der Waals surface area contributed by atoms with Crippen molar-refractivity contribution in [2.75, 3.05) is 87.7 Å². The molecule has 5 rings (SSSR count). The van der Waals surface area contributed by atoms with Gasteiger partial charge in [-0.25, -0.2) is 18.7 Å². The molecule has 3 saturated heterocycles. The number of aromatic nitrogens is 5. The summed E-state index contributed by atoms with van der Waals surface area (Å²) in [7, 11) is 0. The van der Waals surface area contributed by atoms with Gasteiger partial charge in [-0.3, -0.25) is 14.4 Å². The molecule has 0 bridgehead atoms.